The average Bonchev–Trinajstić information content (AvgIpc) is 2.74. The van der Waals surface area contributed by atoms with Gasteiger partial charge in [-0.25, -0.2) is 0 Å². The Hall–Kier alpha value is -1.19. The summed E-state index contributed by atoms with van der Waals surface area (Å²) in [7, 11) is 0. The first kappa shape index (κ1) is 10.3. The molecule has 3 heteroatoms. The van der Waals surface area contributed by atoms with Crippen LogP contribution in [0.3, 0.4) is 0 Å². The van der Waals surface area contributed by atoms with Gasteiger partial charge >= 0.3 is 0 Å². The molecule has 2 aromatic heterocycles. The molecule has 2 aromatic rings. The highest BCUT2D eigenvalue weighted by molar-refractivity contribution is 7.09. The molecule has 2 heterocycles. The highest BCUT2D eigenvalue weighted by Crippen LogP contribution is 2.09. The fraction of sp³-hybridized carbons (Fsp3) is 0.250. The van der Waals surface area contributed by atoms with Crippen molar-refractivity contribution >= 4 is 11.3 Å². The van der Waals surface area contributed by atoms with Crippen molar-refractivity contribution < 1.29 is 0 Å². The zero-order valence-electron chi connectivity index (χ0n) is 8.73. The number of nitrogens with one attached hydrogen (secondary N) is 1. The maximum atomic E-state index is 4.08. The van der Waals surface area contributed by atoms with Crippen molar-refractivity contribution in [2.75, 3.05) is 0 Å². The van der Waals surface area contributed by atoms with Crippen LogP contribution in [0.5, 0.6) is 0 Å². The van der Waals surface area contributed by atoms with Crippen molar-refractivity contribution in [2.45, 2.75) is 20.0 Å². The molecule has 78 valence electrons. The Morgan fingerprint density at radius 3 is 3.00 bits per heavy atom. The van der Waals surface area contributed by atoms with Gasteiger partial charge in [0.05, 0.1) is 0 Å². The molecule has 0 atom stereocenters. The Morgan fingerprint density at radius 2 is 2.27 bits per heavy atom. The van der Waals surface area contributed by atoms with E-state index in [1.54, 1.807) is 11.3 Å². The molecule has 0 unspecified atom stereocenters. The summed E-state index contributed by atoms with van der Waals surface area (Å²) < 4.78 is 0. The van der Waals surface area contributed by atoms with E-state index >= 15 is 0 Å². The number of pyridine rings is 1. The third-order valence-electron chi connectivity index (χ3n) is 2.33. The third-order valence-corrected chi connectivity index (χ3v) is 3.21. The van der Waals surface area contributed by atoms with Gasteiger partial charge in [-0.15, -0.1) is 11.3 Å². The lowest BCUT2D eigenvalue weighted by Gasteiger charge is -2.05. The van der Waals surface area contributed by atoms with Crippen molar-refractivity contribution in [1.82, 2.24) is 10.3 Å². The van der Waals surface area contributed by atoms with E-state index < -0.39 is 0 Å². The van der Waals surface area contributed by atoms with E-state index in [-0.39, 0.29) is 0 Å². The van der Waals surface area contributed by atoms with E-state index in [1.807, 2.05) is 12.4 Å². The monoisotopic (exact) mass is 218 g/mol. The number of hydrogen-bond donors (Lipinski definition) is 1. The second kappa shape index (κ2) is 5.05. The topological polar surface area (TPSA) is 24.9 Å². The molecule has 1 N–H and O–H groups in total. The van der Waals surface area contributed by atoms with Crippen molar-refractivity contribution in [1.29, 1.82) is 0 Å². The van der Waals surface area contributed by atoms with Crippen LogP contribution in [0, 0.1) is 6.92 Å². The van der Waals surface area contributed by atoms with E-state index in [9.17, 15) is 0 Å². The van der Waals surface area contributed by atoms with Crippen molar-refractivity contribution in [3.63, 3.8) is 0 Å². The van der Waals surface area contributed by atoms with E-state index in [0.29, 0.717) is 0 Å². The van der Waals surface area contributed by atoms with E-state index in [4.69, 9.17) is 0 Å². The van der Waals surface area contributed by atoms with Crippen LogP contribution in [0.25, 0.3) is 0 Å². The summed E-state index contributed by atoms with van der Waals surface area (Å²) in [5.41, 5.74) is 2.57. The Bertz CT molecular complexity index is 409. The molecule has 0 bridgehead atoms. The Balaban J connectivity index is 1.86. The molecule has 2 rings (SSSR count). The van der Waals surface area contributed by atoms with Crippen LogP contribution < -0.4 is 5.32 Å². The molecular weight excluding hydrogens is 204 g/mol. The van der Waals surface area contributed by atoms with Gasteiger partial charge in [0.15, 0.2) is 0 Å². The molecule has 0 fully saturated rings. The second-order valence-electron chi connectivity index (χ2n) is 3.49. The van der Waals surface area contributed by atoms with E-state index in [1.165, 1.54) is 16.0 Å². The average molecular weight is 218 g/mol. The van der Waals surface area contributed by atoms with E-state index in [2.05, 4.69) is 40.8 Å². The van der Waals surface area contributed by atoms with Gasteiger partial charge in [-0.1, -0.05) is 6.07 Å². The lowest BCUT2D eigenvalue weighted by atomic mass is 10.1. The van der Waals surface area contributed by atoms with Crippen molar-refractivity contribution in [3.8, 4) is 0 Å². The molecular formula is C12H14N2S. The lowest BCUT2D eigenvalue weighted by molar-refractivity contribution is 0.697. The molecule has 0 aliphatic rings. The third kappa shape index (κ3) is 2.88. The van der Waals surface area contributed by atoms with Gasteiger partial charge < -0.3 is 5.32 Å². The summed E-state index contributed by atoms with van der Waals surface area (Å²) in [6.07, 6.45) is 3.75. The predicted molar refractivity (Wildman–Crippen MR) is 63.8 cm³/mol. The largest absolute Gasteiger partial charge is 0.308 e. The SMILES string of the molecule is Cc1cnccc1CNCc1cccs1. The zero-order valence-corrected chi connectivity index (χ0v) is 9.55. The molecule has 0 amide bonds. The molecule has 15 heavy (non-hydrogen) atoms. The van der Waals surface area contributed by atoms with Gasteiger partial charge in [0, 0.05) is 30.4 Å². The summed E-state index contributed by atoms with van der Waals surface area (Å²) in [5, 5.41) is 5.53. The maximum Gasteiger partial charge on any atom is 0.0302 e. The first-order valence-corrected chi connectivity index (χ1v) is 5.87. The van der Waals surface area contributed by atoms with Crippen LogP contribution in [-0.4, -0.2) is 4.98 Å². The zero-order chi connectivity index (χ0) is 10.5. The van der Waals surface area contributed by atoms with Crippen LogP contribution in [0.15, 0.2) is 36.0 Å². The van der Waals surface area contributed by atoms with E-state index in [0.717, 1.165) is 13.1 Å². The minimum absolute atomic E-state index is 0.909. The van der Waals surface area contributed by atoms with Crippen LogP contribution in [0.1, 0.15) is 16.0 Å². The second-order valence-corrected chi connectivity index (χ2v) is 4.52. The lowest BCUT2D eigenvalue weighted by Crippen LogP contribution is -2.12. The normalized spacial score (nSPS) is 10.5. The number of hydrogen-bond acceptors (Lipinski definition) is 3. The number of rotatable bonds is 4. The van der Waals surface area contributed by atoms with Crippen molar-refractivity contribution in [2.24, 2.45) is 0 Å². The van der Waals surface area contributed by atoms with Crippen LogP contribution >= 0.6 is 11.3 Å². The summed E-state index contributed by atoms with van der Waals surface area (Å²) in [5.74, 6) is 0. The fourth-order valence-electron chi connectivity index (χ4n) is 1.43. The number of aryl methyl sites for hydroxylation is 1. The number of thiophene rings is 1. The molecule has 0 radical (unpaired) electrons. The quantitative estimate of drug-likeness (QED) is 0.853. The van der Waals surface area contributed by atoms with Crippen LogP contribution in [-0.2, 0) is 13.1 Å². The number of nitrogens with zero attached hydrogens (tertiary/aromatic N) is 1. The van der Waals surface area contributed by atoms with Crippen LogP contribution in [0.4, 0.5) is 0 Å². The predicted octanol–water partition coefficient (Wildman–Crippen LogP) is 2.74. The summed E-state index contributed by atoms with van der Waals surface area (Å²) in [4.78, 5) is 5.45. The molecule has 0 saturated heterocycles. The Labute approximate surface area is 94.0 Å². The highest BCUT2D eigenvalue weighted by atomic mass is 32.1. The minimum atomic E-state index is 0.909. The van der Waals surface area contributed by atoms with Gasteiger partial charge in [0.2, 0.25) is 0 Å². The van der Waals surface area contributed by atoms with Crippen LogP contribution in [0.2, 0.25) is 0 Å². The summed E-state index contributed by atoms with van der Waals surface area (Å²) in [6.45, 7) is 3.95. The first-order chi connectivity index (χ1) is 7.36. The maximum absolute atomic E-state index is 4.08. The number of aromatic nitrogens is 1. The molecule has 0 aliphatic carbocycles. The van der Waals surface area contributed by atoms with Crippen molar-refractivity contribution in [3.05, 3.63) is 52.0 Å². The summed E-state index contributed by atoms with van der Waals surface area (Å²) in [6, 6.07) is 6.30. The smallest absolute Gasteiger partial charge is 0.0302 e. The molecule has 2 nitrogen and oxygen atoms in total. The summed E-state index contributed by atoms with van der Waals surface area (Å²) >= 11 is 1.79. The fourth-order valence-corrected chi connectivity index (χ4v) is 2.11. The molecule has 0 aliphatic heterocycles. The van der Waals surface area contributed by atoms with Gasteiger partial charge in [0.1, 0.15) is 0 Å². The molecule has 0 spiro atoms. The standard InChI is InChI=1S/C12H14N2S/c1-10-7-13-5-4-11(10)8-14-9-12-3-2-6-15-12/h2-7,14H,8-9H2,1H3. The van der Waals surface area contributed by atoms with Gasteiger partial charge in [-0.2, -0.15) is 0 Å². The Kier molecular flexibility index (Phi) is 3.48. The van der Waals surface area contributed by atoms with Gasteiger partial charge in [0.25, 0.3) is 0 Å². The first-order valence-electron chi connectivity index (χ1n) is 4.99. The molecule has 0 aromatic carbocycles. The molecule has 0 saturated carbocycles. The highest BCUT2D eigenvalue weighted by Gasteiger charge is 1.97. The Morgan fingerprint density at radius 1 is 1.33 bits per heavy atom. The minimum Gasteiger partial charge on any atom is -0.308 e. The van der Waals surface area contributed by atoms with Gasteiger partial charge in [-0.3, -0.25) is 4.98 Å². The van der Waals surface area contributed by atoms with Gasteiger partial charge in [-0.05, 0) is 35.6 Å².